The fourth-order valence-electron chi connectivity index (χ4n) is 2.93. The molecule has 0 unspecified atom stereocenters. The van der Waals surface area contributed by atoms with Crippen LogP contribution in [0.1, 0.15) is 21.7 Å². The predicted molar refractivity (Wildman–Crippen MR) is 103 cm³/mol. The third-order valence-electron chi connectivity index (χ3n) is 4.25. The van der Waals surface area contributed by atoms with Gasteiger partial charge in [-0.1, -0.05) is 23.9 Å². The van der Waals surface area contributed by atoms with E-state index in [4.69, 9.17) is 9.47 Å². The number of hydrogen-bond acceptors (Lipinski definition) is 6. The van der Waals surface area contributed by atoms with E-state index in [-0.39, 0.29) is 11.5 Å². The zero-order valence-corrected chi connectivity index (χ0v) is 16.0. The van der Waals surface area contributed by atoms with E-state index in [2.05, 4.69) is 16.3 Å². The Bertz CT molecular complexity index is 1000. The topological polar surface area (TPSA) is 66.2 Å². The Morgan fingerprint density at radius 2 is 1.89 bits per heavy atom. The summed E-state index contributed by atoms with van der Waals surface area (Å²) < 4.78 is 13.0. The van der Waals surface area contributed by atoms with Crippen LogP contribution in [0.3, 0.4) is 0 Å². The number of Topliss-reactive ketones (excluding diaryl/α,β-unsaturated/α-hetero) is 1. The minimum atomic E-state index is 0.00780. The van der Waals surface area contributed by atoms with Crippen molar-refractivity contribution in [2.45, 2.75) is 19.0 Å². The van der Waals surface area contributed by atoms with Crippen LogP contribution in [0.2, 0.25) is 0 Å². The van der Waals surface area contributed by atoms with Crippen molar-refractivity contribution in [1.29, 1.82) is 0 Å². The molecule has 2 heterocycles. The summed E-state index contributed by atoms with van der Waals surface area (Å²) in [6.45, 7) is 4.98. The van der Waals surface area contributed by atoms with Crippen molar-refractivity contribution in [3.63, 3.8) is 0 Å². The average Bonchev–Trinajstić information content (AvgIpc) is 3.06. The highest BCUT2D eigenvalue weighted by Gasteiger charge is 2.17. The molecule has 0 fully saturated rings. The molecule has 0 saturated carbocycles. The third-order valence-corrected chi connectivity index (χ3v) is 5.18. The normalized spacial score (nSPS) is 12.8. The molecule has 4 rings (SSSR count). The van der Waals surface area contributed by atoms with E-state index in [1.54, 1.807) is 18.2 Å². The van der Waals surface area contributed by atoms with Gasteiger partial charge in [-0.2, -0.15) is 0 Å². The number of carbonyl (C=O) groups excluding carboxylic acids is 1. The number of aryl methyl sites for hydroxylation is 2. The lowest BCUT2D eigenvalue weighted by atomic mass is 10.1. The molecule has 138 valence electrons. The van der Waals surface area contributed by atoms with Gasteiger partial charge in [0.25, 0.3) is 0 Å². The Balaban J connectivity index is 1.52. The van der Waals surface area contributed by atoms with E-state index < -0.39 is 0 Å². The van der Waals surface area contributed by atoms with E-state index in [1.165, 1.54) is 11.8 Å². The SMILES string of the molecule is Cc1cccc(-n2c(C)nnc2SCC(=O)c2ccc3c(c2)OCCO3)c1. The number of rotatable bonds is 5. The molecule has 0 radical (unpaired) electrons. The van der Waals surface area contributed by atoms with E-state index in [0.717, 1.165) is 17.1 Å². The summed E-state index contributed by atoms with van der Waals surface area (Å²) in [6, 6.07) is 13.4. The lowest BCUT2D eigenvalue weighted by molar-refractivity contribution is 0.102. The maximum atomic E-state index is 12.6. The molecule has 0 amide bonds. The van der Waals surface area contributed by atoms with Crippen molar-refractivity contribution < 1.29 is 14.3 Å². The Morgan fingerprint density at radius 3 is 2.70 bits per heavy atom. The van der Waals surface area contributed by atoms with Crippen molar-refractivity contribution in [2.24, 2.45) is 0 Å². The summed E-state index contributed by atoms with van der Waals surface area (Å²) in [6.07, 6.45) is 0. The number of aromatic nitrogens is 3. The highest BCUT2D eigenvalue weighted by Crippen LogP contribution is 2.31. The molecule has 1 aromatic heterocycles. The van der Waals surface area contributed by atoms with Gasteiger partial charge in [-0.3, -0.25) is 9.36 Å². The van der Waals surface area contributed by atoms with E-state index in [9.17, 15) is 4.79 Å². The lowest BCUT2D eigenvalue weighted by Crippen LogP contribution is -2.16. The number of ketones is 1. The number of hydrogen-bond donors (Lipinski definition) is 0. The van der Waals surface area contributed by atoms with Gasteiger partial charge < -0.3 is 9.47 Å². The molecule has 2 aromatic carbocycles. The van der Waals surface area contributed by atoms with Crippen molar-refractivity contribution in [3.8, 4) is 17.2 Å². The molecule has 3 aromatic rings. The summed E-state index contributed by atoms with van der Waals surface area (Å²) in [7, 11) is 0. The van der Waals surface area contributed by atoms with Crippen LogP contribution in [0.25, 0.3) is 5.69 Å². The summed E-state index contributed by atoms with van der Waals surface area (Å²) in [4.78, 5) is 12.6. The molecule has 0 saturated heterocycles. The maximum Gasteiger partial charge on any atom is 0.196 e. The van der Waals surface area contributed by atoms with Gasteiger partial charge in [0, 0.05) is 11.3 Å². The number of carbonyl (C=O) groups is 1. The molecule has 0 spiro atoms. The van der Waals surface area contributed by atoms with Crippen molar-refractivity contribution in [2.75, 3.05) is 19.0 Å². The first-order chi connectivity index (χ1) is 13.1. The number of ether oxygens (including phenoxy) is 2. The second kappa shape index (κ2) is 7.44. The predicted octanol–water partition coefficient (Wildman–Crippen LogP) is 3.63. The van der Waals surface area contributed by atoms with Crippen LogP contribution in [0.5, 0.6) is 11.5 Å². The van der Waals surface area contributed by atoms with Gasteiger partial charge in [0.2, 0.25) is 0 Å². The maximum absolute atomic E-state index is 12.6. The Labute approximate surface area is 161 Å². The van der Waals surface area contributed by atoms with Gasteiger partial charge in [-0.25, -0.2) is 0 Å². The summed E-state index contributed by atoms with van der Waals surface area (Å²) >= 11 is 1.38. The number of fused-ring (bicyclic) bond motifs is 1. The molecule has 0 bridgehead atoms. The van der Waals surface area contributed by atoms with Crippen LogP contribution in [-0.4, -0.2) is 39.5 Å². The second-order valence-corrected chi connectivity index (χ2v) is 7.22. The fraction of sp³-hybridized carbons (Fsp3) is 0.250. The summed E-state index contributed by atoms with van der Waals surface area (Å²) in [5, 5.41) is 9.11. The van der Waals surface area contributed by atoms with Gasteiger partial charge in [0.05, 0.1) is 5.75 Å². The molecule has 6 nitrogen and oxygen atoms in total. The molecular formula is C20H19N3O3S. The first-order valence-corrected chi connectivity index (χ1v) is 9.65. The van der Waals surface area contributed by atoms with Crippen LogP contribution in [0.15, 0.2) is 47.6 Å². The molecule has 7 heteroatoms. The lowest BCUT2D eigenvalue weighted by Gasteiger charge is -2.18. The van der Waals surface area contributed by atoms with Crippen LogP contribution < -0.4 is 9.47 Å². The fourth-order valence-corrected chi connectivity index (χ4v) is 3.82. The van der Waals surface area contributed by atoms with Crippen LogP contribution in [-0.2, 0) is 0 Å². The highest BCUT2D eigenvalue weighted by molar-refractivity contribution is 7.99. The minimum Gasteiger partial charge on any atom is -0.486 e. The van der Waals surface area contributed by atoms with Crippen molar-refractivity contribution >= 4 is 17.5 Å². The summed E-state index contributed by atoms with van der Waals surface area (Å²) in [5.41, 5.74) is 2.75. The Hall–Kier alpha value is -2.80. The van der Waals surface area contributed by atoms with Gasteiger partial charge in [-0.15, -0.1) is 10.2 Å². The Kier molecular flexibility index (Phi) is 4.85. The van der Waals surface area contributed by atoms with Crippen LogP contribution in [0, 0.1) is 13.8 Å². The standard InChI is InChI=1S/C20H19N3O3S/c1-13-4-3-5-16(10-13)23-14(2)21-22-20(23)27-12-17(24)15-6-7-18-19(11-15)26-9-8-25-18/h3-7,10-11H,8-9,12H2,1-2H3. The molecule has 0 aliphatic carbocycles. The van der Waals surface area contributed by atoms with Crippen LogP contribution in [0.4, 0.5) is 0 Å². The van der Waals surface area contributed by atoms with Crippen molar-refractivity contribution in [1.82, 2.24) is 14.8 Å². The van der Waals surface area contributed by atoms with Gasteiger partial charge in [0.15, 0.2) is 22.4 Å². The van der Waals surface area contributed by atoms with Gasteiger partial charge in [0.1, 0.15) is 19.0 Å². The zero-order valence-electron chi connectivity index (χ0n) is 15.1. The van der Waals surface area contributed by atoms with Gasteiger partial charge in [-0.05, 0) is 49.7 Å². The minimum absolute atomic E-state index is 0.00780. The molecular weight excluding hydrogens is 362 g/mol. The molecule has 0 N–H and O–H groups in total. The number of benzene rings is 2. The second-order valence-electron chi connectivity index (χ2n) is 6.27. The van der Waals surface area contributed by atoms with E-state index in [0.29, 0.717) is 35.4 Å². The highest BCUT2D eigenvalue weighted by atomic mass is 32.2. The first-order valence-electron chi connectivity index (χ1n) is 8.66. The van der Waals surface area contributed by atoms with Gasteiger partial charge >= 0.3 is 0 Å². The smallest absolute Gasteiger partial charge is 0.196 e. The summed E-state index contributed by atoms with van der Waals surface area (Å²) in [5.74, 6) is 2.36. The first kappa shape index (κ1) is 17.6. The Morgan fingerprint density at radius 1 is 1.07 bits per heavy atom. The van der Waals surface area contributed by atoms with E-state index in [1.807, 2.05) is 36.6 Å². The molecule has 0 atom stereocenters. The quantitative estimate of drug-likeness (QED) is 0.497. The largest absolute Gasteiger partial charge is 0.486 e. The number of thioether (sulfide) groups is 1. The average molecular weight is 381 g/mol. The van der Waals surface area contributed by atoms with Crippen molar-refractivity contribution in [3.05, 3.63) is 59.4 Å². The third kappa shape index (κ3) is 3.68. The zero-order chi connectivity index (χ0) is 18.8. The monoisotopic (exact) mass is 381 g/mol. The molecule has 1 aliphatic rings. The van der Waals surface area contributed by atoms with Crippen LogP contribution >= 0.6 is 11.8 Å². The number of nitrogens with zero attached hydrogens (tertiary/aromatic N) is 3. The molecule has 27 heavy (non-hydrogen) atoms. The molecule has 1 aliphatic heterocycles. The van der Waals surface area contributed by atoms with E-state index >= 15 is 0 Å².